The maximum Gasteiger partial charge on any atom is 0.306 e. The molecule has 18 heavy (non-hydrogen) atoms. The van der Waals surface area contributed by atoms with E-state index in [1.54, 1.807) is 17.8 Å². The molecule has 0 spiro atoms. The van der Waals surface area contributed by atoms with Crippen LogP contribution in [0.25, 0.3) is 0 Å². The summed E-state index contributed by atoms with van der Waals surface area (Å²) in [6.45, 7) is 1.82. The third-order valence-electron chi connectivity index (χ3n) is 3.06. The second-order valence-electron chi connectivity index (χ2n) is 4.72. The van der Waals surface area contributed by atoms with Gasteiger partial charge in [0.25, 0.3) is 0 Å². The predicted octanol–water partition coefficient (Wildman–Crippen LogP) is 1.80. The number of carbonyl (C=O) groups is 1. The molecule has 98 valence electrons. The van der Waals surface area contributed by atoms with Crippen LogP contribution in [-0.2, 0) is 9.53 Å². The fraction of sp³-hybridized carbons (Fsp3) is 0.583. The van der Waals surface area contributed by atoms with Gasteiger partial charge in [0, 0.05) is 11.8 Å². The van der Waals surface area contributed by atoms with Crippen molar-refractivity contribution in [2.24, 2.45) is 5.41 Å². The quantitative estimate of drug-likeness (QED) is 0.498. The number of aryl methyl sites for hydroxylation is 1. The van der Waals surface area contributed by atoms with Gasteiger partial charge in [-0.2, -0.15) is 0 Å². The van der Waals surface area contributed by atoms with Crippen LogP contribution in [0.2, 0.25) is 0 Å². The molecule has 1 aliphatic carbocycles. The molecular weight excluding hydrogens is 250 g/mol. The number of methoxy groups -OCH3 is 1. The van der Waals surface area contributed by atoms with Crippen molar-refractivity contribution >= 4 is 23.5 Å². The molecule has 0 aromatic carbocycles. The van der Waals surface area contributed by atoms with Crippen molar-refractivity contribution in [3.63, 3.8) is 0 Å². The lowest BCUT2D eigenvalue weighted by Gasteiger charge is -2.12. The van der Waals surface area contributed by atoms with E-state index >= 15 is 0 Å². The van der Waals surface area contributed by atoms with E-state index in [2.05, 4.69) is 9.97 Å². The van der Waals surface area contributed by atoms with E-state index in [0.717, 1.165) is 23.6 Å². The van der Waals surface area contributed by atoms with E-state index in [1.807, 2.05) is 6.92 Å². The molecule has 1 saturated carbocycles. The van der Waals surface area contributed by atoms with Gasteiger partial charge in [-0.05, 0) is 25.2 Å². The average Bonchev–Trinajstić information content (AvgIpc) is 3.05. The van der Waals surface area contributed by atoms with Crippen LogP contribution in [0.5, 0.6) is 0 Å². The first-order valence-electron chi connectivity index (χ1n) is 5.84. The number of nitrogen functional groups attached to an aromatic ring is 1. The molecule has 5 nitrogen and oxygen atoms in total. The molecule has 0 amide bonds. The third kappa shape index (κ3) is 3.35. The minimum atomic E-state index is -0.133. The molecule has 0 bridgehead atoms. The molecule has 0 saturated heterocycles. The molecule has 1 aliphatic rings. The zero-order valence-electron chi connectivity index (χ0n) is 10.6. The number of ether oxygens (including phenoxy) is 1. The summed E-state index contributed by atoms with van der Waals surface area (Å²) >= 11 is 1.63. The third-order valence-corrected chi connectivity index (χ3v) is 4.33. The normalized spacial score (nSPS) is 16.3. The summed E-state index contributed by atoms with van der Waals surface area (Å²) in [5.74, 6) is 1.91. The number of nitrogens with zero attached hydrogens (tertiary/aromatic N) is 2. The zero-order valence-corrected chi connectivity index (χ0v) is 11.4. The summed E-state index contributed by atoms with van der Waals surface area (Å²) < 4.78 is 4.72. The van der Waals surface area contributed by atoms with Crippen LogP contribution in [0.4, 0.5) is 5.82 Å². The van der Waals surface area contributed by atoms with E-state index in [0.29, 0.717) is 18.1 Å². The molecule has 0 aliphatic heterocycles. The monoisotopic (exact) mass is 267 g/mol. The van der Waals surface area contributed by atoms with Crippen molar-refractivity contribution in [2.45, 2.75) is 31.2 Å². The molecule has 0 unspecified atom stereocenters. The lowest BCUT2D eigenvalue weighted by molar-refractivity contribution is -0.141. The number of carbonyl (C=O) groups excluding carboxylic acids is 1. The van der Waals surface area contributed by atoms with Gasteiger partial charge in [-0.1, -0.05) is 0 Å². The van der Waals surface area contributed by atoms with Gasteiger partial charge in [0.2, 0.25) is 0 Å². The Bertz CT molecular complexity index is 440. The Kier molecular flexibility index (Phi) is 3.75. The van der Waals surface area contributed by atoms with E-state index in [9.17, 15) is 4.79 Å². The Morgan fingerprint density at radius 2 is 2.28 bits per heavy atom. The number of nitrogens with two attached hydrogens (primary N) is 1. The Morgan fingerprint density at radius 1 is 1.56 bits per heavy atom. The Labute approximate surface area is 111 Å². The number of anilines is 1. The van der Waals surface area contributed by atoms with E-state index in [4.69, 9.17) is 10.5 Å². The topological polar surface area (TPSA) is 78.1 Å². The van der Waals surface area contributed by atoms with Crippen LogP contribution < -0.4 is 5.73 Å². The molecular formula is C12H17N3O2S. The Morgan fingerprint density at radius 3 is 2.83 bits per heavy atom. The highest BCUT2D eigenvalue weighted by molar-refractivity contribution is 7.99. The van der Waals surface area contributed by atoms with Gasteiger partial charge in [0.15, 0.2) is 0 Å². The number of aromatic nitrogens is 2. The molecule has 0 radical (unpaired) electrons. The van der Waals surface area contributed by atoms with Crippen LogP contribution in [0.15, 0.2) is 11.1 Å². The van der Waals surface area contributed by atoms with Crippen molar-refractivity contribution in [3.8, 4) is 0 Å². The lowest BCUT2D eigenvalue weighted by Crippen LogP contribution is -2.13. The highest BCUT2D eigenvalue weighted by atomic mass is 32.2. The van der Waals surface area contributed by atoms with Crippen LogP contribution in [0.3, 0.4) is 0 Å². The number of thioether (sulfide) groups is 1. The largest absolute Gasteiger partial charge is 0.469 e. The first kappa shape index (κ1) is 13.1. The number of rotatable bonds is 5. The van der Waals surface area contributed by atoms with Gasteiger partial charge in [0.05, 0.1) is 13.5 Å². The van der Waals surface area contributed by atoms with Crippen LogP contribution in [0, 0.1) is 12.3 Å². The lowest BCUT2D eigenvalue weighted by atomic mass is 10.1. The molecule has 1 aromatic heterocycles. The highest BCUT2D eigenvalue weighted by Crippen LogP contribution is 2.52. The van der Waals surface area contributed by atoms with Gasteiger partial charge in [-0.25, -0.2) is 9.97 Å². The van der Waals surface area contributed by atoms with E-state index in [-0.39, 0.29) is 11.4 Å². The Balaban J connectivity index is 1.93. The SMILES string of the molecule is COC(=O)CC1(CSc2cc(N)nc(C)n2)CC1. The fourth-order valence-electron chi connectivity index (χ4n) is 1.79. The Hall–Kier alpha value is -1.30. The van der Waals surface area contributed by atoms with Gasteiger partial charge in [-0.3, -0.25) is 4.79 Å². The predicted molar refractivity (Wildman–Crippen MR) is 70.2 cm³/mol. The average molecular weight is 267 g/mol. The van der Waals surface area contributed by atoms with Crippen LogP contribution in [-0.4, -0.2) is 28.8 Å². The highest BCUT2D eigenvalue weighted by Gasteiger charge is 2.44. The van der Waals surface area contributed by atoms with Gasteiger partial charge in [0.1, 0.15) is 16.7 Å². The molecule has 1 heterocycles. The zero-order chi connectivity index (χ0) is 13.2. The summed E-state index contributed by atoms with van der Waals surface area (Å²) in [6.07, 6.45) is 2.65. The van der Waals surface area contributed by atoms with Crippen molar-refractivity contribution in [1.82, 2.24) is 9.97 Å². The molecule has 1 aromatic rings. The summed E-state index contributed by atoms with van der Waals surface area (Å²) in [4.78, 5) is 19.7. The second kappa shape index (κ2) is 5.14. The minimum absolute atomic E-state index is 0.103. The maximum atomic E-state index is 11.3. The van der Waals surface area contributed by atoms with E-state index in [1.165, 1.54) is 7.11 Å². The van der Waals surface area contributed by atoms with Crippen molar-refractivity contribution in [2.75, 3.05) is 18.6 Å². The standard InChI is InChI=1S/C12H17N3O2S/c1-8-14-9(13)5-10(15-8)18-7-12(3-4-12)6-11(16)17-2/h5H,3-4,6-7H2,1-2H3,(H2,13,14,15). The fourth-order valence-corrected chi connectivity index (χ4v) is 3.04. The second-order valence-corrected chi connectivity index (χ2v) is 5.72. The summed E-state index contributed by atoms with van der Waals surface area (Å²) in [7, 11) is 1.43. The molecule has 2 N–H and O–H groups in total. The van der Waals surface area contributed by atoms with Crippen molar-refractivity contribution in [1.29, 1.82) is 0 Å². The smallest absolute Gasteiger partial charge is 0.306 e. The molecule has 6 heteroatoms. The van der Waals surface area contributed by atoms with Gasteiger partial charge < -0.3 is 10.5 Å². The first-order valence-corrected chi connectivity index (χ1v) is 6.82. The number of hydrogen-bond donors (Lipinski definition) is 1. The van der Waals surface area contributed by atoms with E-state index < -0.39 is 0 Å². The maximum absolute atomic E-state index is 11.3. The van der Waals surface area contributed by atoms with Crippen molar-refractivity contribution in [3.05, 3.63) is 11.9 Å². The summed E-state index contributed by atoms with van der Waals surface area (Å²) in [5.41, 5.74) is 5.78. The van der Waals surface area contributed by atoms with Crippen molar-refractivity contribution < 1.29 is 9.53 Å². The number of esters is 1. The molecule has 0 atom stereocenters. The number of hydrogen-bond acceptors (Lipinski definition) is 6. The summed E-state index contributed by atoms with van der Waals surface area (Å²) in [6, 6.07) is 1.77. The van der Waals surface area contributed by atoms with Gasteiger partial charge in [-0.15, -0.1) is 11.8 Å². The molecule has 2 rings (SSSR count). The van der Waals surface area contributed by atoms with Gasteiger partial charge >= 0.3 is 5.97 Å². The molecule has 1 fully saturated rings. The first-order chi connectivity index (χ1) is 8.53. The van der Waals surface area contributed by atoms with Crippen LogP contribution in [0.1, 0.15) is 25.1 Å². The van der Waals surface area contributed by atoms with Crippen LogP contribution >= 0.6 is 11.8 Å². The minimum Gasteiger partial charge on any atom is -0.469 e. The summed E-state index contributed by atoms with van der Waals surface area (Å²) in [5, 5.41) is 0.871.